The summed E-state index contributed by atoms with van der Waals surface area (Å²) in [6, 6.07) is 22.2. The van der Waals surface area contributed by atoms with E-state index in [2.05, 4.69) is 0 Å². The highest BCUT2D eigenvalue weighted by atomic mass is 28.1. The molecule has 0 N–H and O–H groups in total. The molecule has 3 aromatic rings. The Morgan fingerprint density at radius 3 is 1.52 bits per heavy atom. The maximum Gasteiger partial charge on any atom is 0.274 e. The Balaban J connectivity index is 2.03. The summed E-state index contributed by atoms with van der Waals surface area (Å²) in [4.78, 5) is 22.1. The number of nitro benzene ring substituents is 2. The predicted molar refractivity (Wildman–Crippen MR) is 128 cm³/mol. The number of para-hydroxylation sites is 2. The minimum atomic E-state index is -1.28. The van der Waals surface area contributed by atoms with Gasteiger partial charge in [-0.2, -0.15) is 0 Å². The van der Waals surface area contributed by atoms with E-state index in [4.69, 9.17) is 9.47 Å². The van der Waals surface area contributed by atoms with Gasteiger partial charge in [0, 0.05) is 33.0 Å². The van der Waals surface area contributed by atoms with E-state index in [1.54, 1.807) is 36.4 Å². The van der Waals surface area contributed by atoms with Crippen LogP contribution in [0.25, 0.3) is 0 Å². The third kappa shape index (κ3) is 5.33. The monoisotopic (exact) mass is 466 g/mol. The van der Waals surface area contributed by atoms with Gasteiger partial charge in [0.1, 0.15) is 0 Å². The molecule has 0 amide bonds. The van der Waals surface area contributed by atoms with Crippen LogP contribution in [0.3, 0.4) is 0 Å². The zero-order valence-corrected chi connectivity index (χ0v) is 20.8. The molecule has 0 fully saturated rings. The molecule has 0 aromatic heterocycles. The van der Waals surface area contributed by atoms with Gasteiger partial charge in [0.15, 0.2) is 5.79 Å². The second-order valence-electron chi connectivity index (χ2n) is 8.58. The Bertz CT molecular complexity index is 1070. The maximum absolute atomic E-state index is 11.5. The molecular weight excluding hydrogens is 440 g/mol. The Morgan fingerprint density at radius 2 is 1.12 bits per heavy atom. The molecule has 0 radical (unpaired) electrons. The van der Waals surface area contributed by atoms with Crippen molar-refractivity contribution in [3.8, 4) is 0 Å². The van der Waals surface area contributed by atoms with Gasteiger partial charge in [-0.3, -0.25) is 20.2 Å². The SMILES string of the molecule is CC(C)([SiH3])C(OCc1ccccc1[N+](=O)[O-])(OCc1ccccc1[N+](=O)[O-])c1ccccc1. The Hall–Kier alpha value is -3.40. The van der Waals surface area contributed by atoms with Crippen LogP contribution >= 0.6 is 0 Å². The number of ether oxygens (including phenoxy) is 2. The molecule has 0 unspecified atom stereocenters. The van der Waals surface area contributed by atoms with Crippen molar-refractivity contribution in [2.24, 2.45) is 0 Å². The molecule has 0 spiro atoms. The minimum Gasteiger partial charge on any atom is -0.341 e. The van der Waals surface area contributed by atoms with Crippen molar-refractivity contribution >= 4 is 21.6 Å². The first-order chi connectivity index (χ1) is 15.7. The molecule has 0 atom stereocenters. The summed E-state index contributed by atoms with van der Waals surface area (Å²) < 4.78 is 12.8. The van der Waals surface area contributed by atoms with Crippen molar-refractivity contribution in [3.05, 3.63) is 116 Å². The summed E-state index contributed by atoms with van der Waals surface area (Å²) in [6.45, 7) is 3.86. The molecule has 0 saturated carbocycles. The van der Waals surface area contributed by atoms with Crippen LogP contribution in [0.1, 0.15) is 30.5 Å². The molecule has 3 aromatic carbocycles. The quantitative estimate of drug-likeness (QED) is 0.186. The van der Waals surface area contributed by atoms with Crippen molar-refractivity contribution in [1.29, 1.82) is 0 Å². The molecule has 0 aliphatic heterocycles. The lowest BCUT2D eigenvalue weighted by molar-refractivity contribution is -0.387. The van der Waals surface area contributed by atoms with Gasteiger partial charge in [0.2, 0.25) is 0 Å². The topological polar surface area (TPSA) is 105 Å². The normalized spacial score (nSPS) is 11.9. The summed E-state index contributed by atoms with van der Waals surface area (Å²) >= 11 is 0. The molecule has 33 heavy (non-hydrogen) atoms. The summed E-state index contributed by atoms with van der Waals surface area (Å²) in [7, 11) is 0.645. The van der Waals surface area contributed by atoms with Crippen LogP contribution in [0.2, 0.25) is 5.04 Å². The first kappa shape index (κ1) is 24.2. The van der Waals surface area contributed by atoms with E-state index in [-0.39, 0.29) is 24.6 Å². The van der Waals surface area contributed by atoms with E-state index in [0.29, 0.717) is 21.4 Å². The van der Waals surface area contributed by atoms with Gasteiger partial charge in [0.25, 0.3) is 11.4 Å². The fraction of sp³-hybridized carbons (Fsp3) is 0.250. The van der Waals surface area contributed by atoms with Gasteiger partial charge in [-0.1, -0.05) is 68.4 Å². The standard InChI is InChI=1S/C24H26N2O6Si/c1-23(2,33)24(20-12-4-3-5-13-20,31-16-18-10-6-8-14-21(18)25(27)28)32-17-19-11-7-9-15-22(19)26(29)30/h3-15H,16-17H2,1-2,33H3. The van der Waals surface area contributed by atoms with Gasteiger partial charge >= 0.3 is 0 Å². The van der Waals surface area contributed by atoms with Crippen LogP contribution in [0, 0.1) is 20.2 Å². The largest absolute Gasteiger partial charge is 0.341 e. The second kappa shape index (κ2) is 10.0. The first-order valence-corrected chi connectivity index (χ1v) is 11.4. The van der Waals surface area contributed by atoms with Crippen molar-refractivity contribution in [3.63, 3.8) is 0 Å². The van der Waals surface area contributed by atoms with E-state index in [0.717, 1.165) is 5.56 Å². The summed E-state index contributed by atoms with van der Waals surface area (Å²) in [5, 5.41) is 22.5. The zero-order chi connectivity index (χ0) is 24.1. The highest BCUT2D eigenvalue weighted by Crippen LogP contribution is 2.48. The number of hydrogen-bond acceptors (Lipinski definition) is 6. The Morgan fingerprint density at radius 1 is 0.727 bits per heavy atom. The van der Waals surface area contributed by atoms with Crippen molar-refractivity contribution in [2.45, 2.75) is 37.9 Å². The molecular formula is C24H26N2O6Si. The van der Waals surface area contributed by atoms with Gasteiger partial charge < -0.3 is 9.47 Å². The van der Waals surface area contributed by atoms with Gasteiger partial charge in [-0.25, -0.2) is 0 Å². The Kier molecular flexibility index (Phi) is 7.37. The summed E-state index contributed by atoms with van der Waals surface area (Å²) in [5.74, 6) is -1.28. The molecule has 0 heterocycles. The van der Waals surface area contributed by atoms with Gasteiger partial charge in [0.05, 0.1) is 34.2 Å². The fourth-order valence-corrected chi connectivity index (χ4v) is 4.29. The fourth-order valence-electron chi connectivity index (χ4n) is 3.71. The lowest BCUT2D eigenvalue weighted by Crippen LogP contribution is -2.43. The van der Waals surface area contributed by atoms with Crippen molar-refractivity contribution in [2.75, 3.05) is 0 Å². The van der Waals surface area contributed by atoms with Crippen LogP contribution in [-0.4, -0.2) is 20.1 Å². The van der Waals surface area contributed by atoms with Crippen molar-refractivity contribution < 1.29 is 19.3 Å². The minimum absolute atomic E-state index is 0.0377. The van der Waals surface area contributed by atoms with Crippen LogP contribution < -0.4 is 0 Å². The number of nitro groups is 2. The zero-order valence-electron chi connectivity index (χ0n) is 18.8. The molecule has 0 bridgehead atoms. The van der Waals surface area contributed by atoms with Crippen LogP contribution in [0.4, 0.5) is 11.4 Å². The molecule has 172 valence electrons. The lowest BCUT2D eigenvalue weighted by Gasteiger charge is -2.44. The smallest absolute Gasteiger partial charge is 0.274 e. The van der Waals surface area contributed by atoms with E-state index in [9.17, 15) is 20.2 Å². The predicted octanol–water partition coefficient (Wildman–Crippen LogP) is 4.65. The summed E-state index contributed by atoms with van der Waals surface area (Å²) in [5.41, 5.74) is 1.50. The van der Waals surface area contributed by atoms with Crippen LogP contribution in [0.5, 0.6) is 0 Å². The molecule has 3 rings (SSSR count). The average Bonchev–Trinajstić information content (AvgIpc) is 2.79. The van der Waals surface area contributed by atoms with E-state index in [1.807, 2.05) is 44.2 Å². The third-order valence-electron chi connectivity index (χ3n) is 5.38. The third-order valence-corrected chi connectivity index (χ3v) is 6.04. The van der Waals surface area contributed by atoms with E-state index < -0.39 is 20.7 Å². The second-order valence-corrected chi connectivity index (χ2v) is 11.1. The van der Waals surface area contributed by atoms with Crippen molar-refractivity contribution in [1.82, 2.24) is 0 Å². The van der Waals surface area contributed by atoms with Gasteiger partial charge in [-0.15, -0.1) is 0 Å². The maximum atomic E-state index is 11.5. The molecule has 0 aliphatic rings. The molecule has 9 heteroatoms. The highest BCUT2D eigenvalue weighted by Gasteiger charge is 2.46. The Labute approximate surface area is 194 Å². The molecule has 0 aliphatic carbocycles. The number of benzene rings is 3. The van der Waals surface area contributed by atoms with Gasteiger partial charge in [-0.05, 0) is 12.1 Å². The number of rotatable bonds is 10. The number of hydrogen-bond donors (Lipinski definition) is 0. The van der Waals surface area contributed by atoms with Crippen LogP contribution in [0.15, 0.2) is 78.9 Å². The lowest BCUT2D eigenvalue weighted by atomic mass is 9.92. The van der Waals surface area contributed by atoms with E-state index >= 15 is 0 Å². The summed E-state index contributed by atoms with van der Waals surface area (Å²) in [6.07, 6.45) is 0. The molecule has 8 nitrogen and oxygen atoms in total. The highest BCUT2D eigenvalue weighted by molar-refractivity contribution is 6.15. The average molecular weight is 467 g/mol. The van der Waals surface area contributed by atoms with E-state index in [1.165, 1.54) is 12.1 Å². The molecule has 0 saturated heterocycles. The van der Waals surface area contributed by atoms with Crippen LogP contribution in [-0.2, 0) is 28.5 Å². The number of nitrogens with zero attached hydrogens (tertiary/aromatic N) is 2. The first-order valence-electron chi connectivity index (χ1n) is 10.4.